The van der Waals surface area contributed by atoms with Gasteiger partial charge >= 0.3 is 0 Å². The molecule has 0 atom stereocenters. The molecule has 0 heterocycles. The molecule has 0 aliphatic rings. The number of benzene rings is 2. The second kappa shape index (κ2) is 4.67. The highest BCUT2D eigenvalue weighted by atomic mass is 79.9. The highest BCUT2D eigenvalue weighted by Gasteiger charge is 1.97. The molecule has 0 aromatic heterocycles. The molecular formula is C13H12BBr. The first kappa shape index (κ1) is 10.5. The highest BCUT2D eigenvalue weighted by molar-refractivity contribution is 9.10. The van der Waals surface area contributed by atoms with Crippen LogP contribution >= 0.6 is 15.9 Å². The Bertz CT molecular complexity index is 431. The van der Waals surface area contributed by atoms with Crippen molar-refractivity contribution >= 4 is 28.7 Å². The Morgan fingerprint density at radius 3 is 1.73 bits per heavy atom. The zero-order valence-electron chi connectivity index (χ0n) is 8.70. The average Bonchev–Trinajstić information content (AvgIpc) is 2.30. The molecule has 74 valence electrons. The Morgan fingerprint density at radius 1 is 0.800 bits per heavy atom. The van der Waals surface area contributed by atoms with E-state index in [1.165, 1.54) is 16.6 Å². The van der Waals surface area contributed by atoms with Crippen LogP contribution in [0.4, 0.5) is 0 Å². The summed E-state index contributed by atoms with van der Waals surface area (Å²) in [5.41, 5.74) is 3.93. The van der Waals surface area contributed by atoms with Crippen LogP contribution in [0.3, 0.4) is 0 Å². The molecule has 2 rings (SSSR count). The van der Waals surface area contributed by atoms with E-state index in [1.54, 1.807) is 0 Å². The molecular weight excluding hydrogens is 247 g/mol. The number of halogens is 1. The predicted molar refractivity (Wildman–Crippen MR) is 72.2 cm³/mol. The maximum atomic E-state index is 3.44. The van der Waals surface area contributed by atoms with Gasteiger partial charge in [0, 0.05) is 4.47 Å². The molecule has 0 bridgehead atoms. The Balaban J connectivity index is 2.33. The van der Waals surface area contributed by atoms with Gasteiger partial charge in [-0.05, 0) is 23.3 Å². The van der Waals surface area contributed by atoms with Gasteiger partial charge in [-0.3, -0.25) is 0 Å². The van der Waals surface area contributed by atoms with Crippen LogP contribution in [0.5, 0.6) is 0 Å². The Kier molecular flexibility index (Phi) is 3.27. The largest absolute Gasteiger partial charge is 0.154 e. The van der Waals surface area contributed by atoms with Gasteiger partial charge in [-0.25, -0.2) is 0 Å². The third kappa shape index (κ3) is 2.51. The SMILES string of the molecule is CBc1ccc(-c2ccc(Br)cc2)cc1. The lowest BCUT2D eigenvalue weighted by Crippen LogP contribution is -2.08. The Morgan fingerprint density at radius 2 is 1.27 bits per heavy atom. The zero-order valence-corrected chi connectivity index (χ0v) is 10.3. The van der Waals surface area contributed by atoms with Crippen molar-refractivity contribution in [2.45, 2.75) is 6.82 Å². The molecule has 0 saturated heterocycles. The predicted octanol–water partition coefficient (Wildman–Crippen LogP) is 3.23. The standard InChI is InChI=1S/C13H12BBr/c1-14-12-6-2-10(3-7-12)11-4-8-13(15)9-5-11/h2-9,14H,1H3. The van der Waals surface area contributed by atoms with Crippen LogP contribution in [0.2, 0.25) is 6.82 Å². The van der Waals surface area contributed by atoms with E-state index in [0.29, 0.717) is 0 Å². The maximum Gasteiger partial charge on any atom is 0.154 e. The van der Waals surface area contributed by atoms with Gasteiger partial charge in [0.2, 0.25) is 0 Å². The maximum absolute atomic E-state index is 3.44. The van der Waals surface area contributed by atoms with Crippen LogP contribution in [0, 0.1) is 0 Å². The molecule has 0 radical (unpaired) electrons. The monoisotopic (exact) mass is 258 g/mol. The van der Waals surface area contributed by atoms with E-state index in [9.17, 15) is 0 Å². The first-order valence-corrected chi connectivity index (χ1v) is 5.94. The minimum atomic E-state index is 1.10. The van der Waals surface area contributed by atoms with Crippen LogP contribution in [-0.2, 0) is 0 Å². The smallest absolute Gasteiger partial charge is 0.0849 e. The molecule has 0 saturated carbocycles. The van der Waals surface area contributed by atoms with Crippen molar-refractivity contribution in [1.82, 2.24) is 0 Å². The van der Waals surface area contributed by atoms with Crippen molar-refractivity contribution < 1.29 is 0 Å². The van der Waals surface area contributed by atoms with Gasteiger partial charge in [-0.2, -0.15) is 0 Å². The van der Waals surface area contributed by atoms with Crippen molar-refractivity contribution in [3.8, 4) is 11.1 Å². The lowest BCUT2D eigenvalue weighted by molar-refractivity contribution is 1.60. The molecule has 2 aromatic rings. The first-order chi connectivity index (χ1) is 7.29. The van der Waals surface area contributed by atoms with Crippen molar-refractivity contribution in [3.63, 3.8) is 0 Å². The third-order valence-corrected chi connectivity index (χ3v) is 3.07. The molecule has 0 spiro atoms. The van der Waals surface area contributed by atoms with Crippen LogP contribution in [0.15, 0.2) is 53.0 Å². The number of rotatable bonds is 2. The molecule has 0 nitrogen and oxygen atoms in total. The summed E-state index contributed by atoms with van der Waals surface area (Å²) >= 11 is 3.44. The zero-order chi connectivity index (χ0) is 10.7. The van der Waals surface area contributed by atoms with Gasteiger partial charge in [-0.1, -0.05) is 64.6 Å². The first-order valence-electron chi connectivity index (χ1n) is 5.14. The fraction of sp³-hybridized carbons (Fsp3) is 0.0769. The molecule has 0 aliphatic heterocycles. The van der Waals surface area contributed by atoms with Gasteiger partial charge < -0.3 is 0 Å². The molecule has 0 unspecified atom stereocenters. The van der Waals surface area contributed by atoms with Crippen LogP contribution in [0.25, 0.3) is 11.1 Å². The van der Waals surface area contributed by atoms with E-state index >= 15 is 0 Å². The molecule has 0 amide bonds. The third-order valence-electron chi connectivity index (χ3n) is 2.54. The average molecular weight is 259 g/mol. The Hall–Kier alpha value is -1.02. The minimum absolute atomic E-state index is 1.10. The van der Waals surface area contributed by atoms with E-state index in [-0.39, 0.29) is 0 Å². The highest BCUT2D eigenvalue weighted by Crippen LogP contribution is 2.20. The molecule has 2 aromatic carbocycles. The van der Waals surface area contributed by atoms with Gasteiger partial charge in [0.1, 0.15) is 0 Å². The van der Waals surface area contributed by atoms with E-state index in [2.05, 4.69) is 71.3 Å². The summed E-state index contributed by atoms with van der Waals surface area (Å²) < 4.78 is 1.12. The normalized spacial score (nSPS) is 10.0. The molecule has 0 N–H and O–H groups in total. The van der Waals surface area contributed by atoms with Gasteiger partial charge in [0.25, 0.3) is 0 Å². The summed E-state index contributed by atoms with van der Waals surface area (Å²) in [7, 11) is 1.10. The lowest BCUT2D eigenvalue weighted by atomic mass is 9.73. The van der Waals surface area contributed by atoms with Crippen molar-refractivity contribution in [2.75, 3.05) is 0 Å². The summed E-state index contributed by atoms with van der Waals surface area (Å²) in [5, 5.41) is 0. The molecule has 0 aliphatic carbocycles. The Labute approximate surface area is 99.7 Å². The van der Waals surface area contributed by atoms with Crippen LogP contribution < -0.4 is 5.46 Å². The lowest BCUT2D eigenvalue weighted by Gasteiger charge is -2.02. The second-order valence-corrected chi connectivity index (χ2v) is 4.47. The fourth-order valence-corrected chi connectivity index (χ4v) is 1.84. The topological polar surface area (TPSA) is 0 Å². The summed E-state index contributed by atoms with van der Waals surface area (Å²) in [6.45, 7) is 2.18. The summed E-state index contributed by atoms with van der Waals surface area (Å²) in [6, 6.07) is 17.2. The van der Waals surface area contributed by atoms with Crippen LogP contribution in [0.1, 0.15) is 0 Å². The van der Waals surface area contributed by atoms with Crippen molar-refractivity contribution in [3.05, 3.63) is 53.0 Å². The summed E-state index contributed by atoms with van der Waals surface area (Å²) in [5.74, 6) is 0. The van der Waals surface area contributed by atoms with Gasteiger partial charge in [-0.15, -0.1) is 0 Å². The number of hydrogen-bond donors (Lipinski definition) is 0. The van der Waals surface area contributed by atoms with Crippen molar-refractivity contribution in [2.24, 2.45) is 0 Å². The molecule has 0 fully saturated rings. The van der Waals surface area contributed by atoms with E-state index in [4.69, 9.17) is 0 Å². The van der Waals surface area contributed by atoms with Gasteiger partial charge in [0.15, 0.2) is 7.28 Å². The second-order valence-electron chi connectivity index (χ2n) is 3.56. The van der Waals surface area contributed by atoms with E-state index < -0.39 is 0 Å². The quantitative estimate of drug-likeness (QED) is 0.726. The summed E-state index contributed by atoms with van der Waals surface area (Å²) in [6.07, 6.45) is 0. The van der Waals surface area contributed by atoms with Gasteiger partial charge in [0.05, 0.1) is 0 Å². The van der Waals surface area contributed by atoms with Crippen LogP contribution in [-0.4, -0.2) is 7.28 Å². The van der Waals surface area contributed by atoms with Crippen molar-refractivity contribution in [1.29, 1.82) is 0 Å². The fourth-order valence-electron chi connectivity index (χ4n) is 1.58. The molecule has 2 heteroatoms. The summed E-state index contributed by atoms with van der Waals surface area (Å²) in [4.78, 5) is 0. The number of hydrogen-bond acceptors (Lipinski definition) is 0. The van der Waals surface area contributed by atoms with E-state index in [0.717, 1.165) is 11.8 Å². The molecule has 15 heavy (non-hydrogen) atoms. The minimum Gasteiger partial charge on any atom is -0.0849 e. The van der Waals surface area contributed by atoms with E-state index in [1.807, 2.05) is 0 Å².